The minimum Gasteiger partial charge on any atom is -0.356 e. The van der Waals surface area contributed by atoms with Crippen LogP contribution in [0.2, 0.25) is 0 Å². The second-order valence-corrected chi connectivity index (χ2v) is 2.85. The van der Waals surface area contributed by atoms with E-state index in [2.05, 4.69) is 12.2 Å². The lowest BCUT2D eigenvalue weighted by Gasteiger charge is -2.24. The van der Waals surface area contributed by atoms with E-state index in [0.29, 0.717) is 5.92 Å². The summed E-state index contributed by atoms with van der Waals surface area (Å²) in [6, 6.07) is 0. The van der Waals surface area contributed by atoms with Gasteiger partial charge in [0, 0.05) is 12.5 Å². The number of nitrogens with one attached hydrogen (secondary N) is 1. The highest BCUT2D eigenvalue weighted by Crippen LogP contribution is 2.17. The first-order chi connectivity index (χ1) is 5.22. The maximum Gasteiger partial charge on any atom is 0.223 e. The van der Waals surface area contributed by atoms with Gasteiger partial charge in [0.2, 0.25) is 5.91 Å². The molecule has 0 spiro atoms. The molecule has 0 aliphatic carbocycles. The zero-order valence-corrected chi connectivity index (χ0v) is 7.98. The van der Waals surface area contributed by atoms with E-state index in [4.69, 9.17) is 0 Å². The van der Waals surface area contributed by atoms with Gasteiger partial charge in [0.05, 0.1) is 0 Å². The molecule has 11 heavy (non-hydrogen) atoms. The van der Waals surface area contributed by atoms with Crippen LogP contribution < -0.4 is 5.32 Å². The molecule has 1 rings (SSSR count). The van der Waals surface area contributed by atoms with Crippen molar-refractivity contribution in [3.8, 4) is 0 Å². The fourth-order valence-corrected chi connectivity index (χ4v) is 1.09. The van der Waals surface area contributed by atoms with Gasteiger partial charge in [0.25, 0.3) is 0 Å². The Bertz CT molecular complexity index is 123. The van der Waals surface area contributed by atoms with E-state index >= 15 is 0 Å². The van der Waals surface area contributed by atoms with Gasteiger partial charge in [0.15, 0.2) is 0 Å². The molecule has 1 saturated heterocycles. The van der Waals surface area contributed by atoms with Crippen LogP contribution in [-0.2, 0) is 4.79 Å². The highest BCUT2D eigenvalue weighted by Gasteiger charge is 2.23. The van der Waals surface area contributed by atoms with Crippen molar-refractivity contribution in [1.82, 2.24) is 5.32 Å². The van der Waals surface area contributed by atoms with Gasteiger partial charge < -0.3 is 5.32 Å². The highest BCUT2D eigenvalue weighted by molar-refractivity contribution is 5.79. The maximum atomic E-state index is 10.9. The second kappa shape index (κ2) is 5.16. The predicted octanol–water partition coefficient (Wildman–Crippen LogP) is 1.80. The Balaban J connectivity index is 0.000000461. The third-order valence-electron chi connectivity index (χ3n) is 2.17. The van der Waals surface area contributed by atoms with Crippen molar-refractivity contribution >= 4 is 5.91 Å². The summed E-state index contributed by atoms with van der Waals surface area (Å²) < 4.78 is 0. The number of carbonyl (C=O) groups excluding carboxylic acids is 1. The third kappa shape index (κ3) is 2.91. The zero-order valence-electron chi connectivity index (χ0n) is 7.98. The molecule has 1 aliphatic heterocycles. The van der Waals surface area contributed by atoms with Gasteiger partial charge in [-0.15, -0.1) is 0 Å². The van der Waals surface area contributed by atoms with Crippen LogP contribution in [0.25, 0.3) is 0 Å². The smallest absolute Gasteiger partial charge is 0.223 e. The van der Waals surface area contributed by atoms with Gasteiger partial charge in [-0.25, -0.2) is 0 Å². The molecule has 1 N–H and O–H groups in total. The first-order valence-corrected chi connectivity index (χ1v) is 4.49. The van der Waals surface area contributed by atoms with Crippen LogP contribution >= 0.6 is 0 Å². The van der Waals surface area contributed by atoms with Crippen LogP contribution in [0, 0.1) is 11.8 Å². The largest absolute Gasteiger partial charge is 0.356 e. The summed E-state index contributed by atoms with van der Waals surface area (Å²) in [6.45, 7) is 8.98. The number of amides is 1. The van der Waals surface area contributed by atoms with Crippen LogP contribution in [0.4, 0.5) is 0 Å². The zero-order chi connectivity index (χ0) is 8.85. The fourth-order valence-electron chi connectivity index (χ4n) is 1.09. The summed E-state index contributed by atoms with van der Waals surface area (Å²) >= 11 is 0. The third-order valence-corrected chi connectivity index (χ3v) is 2.17. The molecule has 2 atom stereocenters. The number of rotatable bonds is 0. The standard InChI is InChI=1S/C7H13NO.C2H6/c1-5-3-4-8-7(9)6(5)2;1-2/h5-6H,3-4H2,1-2H3,(H,8,9);1-2H3. The molecule has 2 nitrogen and oxygen atoms in total. The summed E-state index contributed by atoms with van der Waals surface area (Å²) in [5, 5.41) is 2.82. The number of piperidine rings is 1. The molecule has 2 heteroatoms. The van der Waals surface area contributed by atoms with Crippen molar-refractivity contribution in [2.45, 2.75) is 34.1 Å². The fraction of sp³-hybridized carbons (Fsp3) is 0.889. The molecule has 0 aromatic carbocycles. The van der Waals surface area contributed by atoms with E-state index in [1.54, 1.807) is 0 Å². The van der Waals surface area contributed by atoms with Crippen molar-refractivity contribution in [3.63, 3.8) is 0 Å². The minimum atomic E-state index is 0.216. The summed E-state index contributed by atoms with van der Waals surface area (Å²) in [5.41, 5.74) is 0. The molecule has 0 saturated carbocycles. The average molecular weight is 157 g/mol. The Labute approximate surface area is 69.4 Å². The van der Waals surface area contributed by atoms with Gasteiger partial charge in [-0.05, 0) is 12.3 Å². The topological polar surface area (TPSA) is 29.1 Å². The molecule has 0 aromatic heterocycles. The first-order valence-electron chi connectivity index (χ1n) is 4.49. The van der Waals surface area contributed by atoms with Gasteiger partial charge in [-0.1, -0.05) is 27.7 Å². The Kier molecular flexibility index (Phi) is 4.92. The highest BCUT2D eigenvalue weighted by atomic mass is 16.1. The first kappa shape index (κ1) is 10.5. The van der Waals surface area contributed by atoms with E-state index in [1.165, 1.54) is 0 Å². The quantitative estimate of drug-likeness (QED) is 0.571. The van der Waals surface area contributed by atoms with E-state index in [0.717, 1.165) is 13.0 Å². The second-order valence-electron chi connectivity index (χ2n) is 2.85. The molecular formula is C9H19NO. The Morgan fingerprint density at radius 3 is 2.27 bits per heavy atom. The molecule has 1 aliphatic rings. The summed E-state index contributed by atoms with van der Waals surface area (Å²) in [4.78, 5) is 10.9. The number of hydrogen-bond donors (Lipinski definition) is 1. The van der Waals surface area contributed by atoms with Gasteiger partial charge in [0.1, 0.15) is 0 Å². The molecule has 0 bridgehead atoms. The molecule has 66 valence electrons. The summed E-state index contributed by atoms with van der Waals surface area (Å²) in [7, 11) is 0. The van der Waals surface area contributed by atoms with Crippen LogP contribution in [0.1, 0.15) is 34.1 Å². The average Bonchev–Trinajstić information content (AvgIpc) is 2.04. The van der Waals surface area contributed by atoms with Crippen LogP contribution in [0.5, 0.6) is 0 Å². The molecule has 2 unspecified atom stereocenters. The molecule has 1 amide bonds. The lowest BCUT2D eigenvalue weighted by molar-refractivity contribution is -0.127. The molecule has 1 heterocycles. The van der Waals surface area contributed by atoms with Crippen LogP contribution in [0.3, 0.4) is 0 Å². The summed E-state index contributed by atoms with van der Waals surface area (Å²) in [5.74, 6) is 1.01. The molecule has 0 radical (unpaired) electrons. The van der Waals surface area contributed by atoms with E-state index in [-0.39, 0.29) is 11.8 Å². The lowest BCUT2D eigenvalue weighted by atomic mass is 9.89. The van der Waals surface area contributed by atoms with E-state index in [9.17, 15) is 4.79 Å². The van der Waals surface area contributed by atoms with Gasteiger partial charge >= 0.3 is 0 Å². The van der Waals surface area contributed by atoms with Crippen LogP contribution in [-0.4, -0.2) is 12.5 Å². The SMILES string of the molecule is CC.CC1CCNC(=O)C1C. The van der Waals surface area contributed by atoms with Crippen molar-refractivity contribution in [2.75, 3.05) is 6.54 Å². The normalized spacial score (nSPS) is 30.0. The number of carbonyl (C=O) groups is 1. The van der Waals surface area contributed by atoms with Crippen molar-refractivity contribution < 1.29 is 4.79 Å². The molecule has 1 fully saturated rings. The maximum absolute atomic E-state index is 10.9. The predicted molar refractivity (Wildman–Crippen MR) is 47.3 cm³/mol. The van der Waals surface area contributed by atoms with E-state index in [1.807, 2.05) is 20.8 Å². The van der Waals surface area contributed by atoms with Crippen LogP contribution in [0.15, 0.2) is 0 Å². The van der Waals surface area contributed by atoms with E-state index < -0.39 is 0 Å². The van der Waals surface area contributed by atoms with Crippen molar-refractivity contribution in [2.24, 2.45) is 11.8 Å². The Hall–Kier alpha value is -0.530. The minimum absolute atomic E-state index is 0.216. The van der Waals surface area contributed by atoms with Crippen molar-refractivity contribution in [1.29, 1.82) is 0 Å². The molecular weight excluding hydrogens is 138 g/mol. The van der Waals surface area contributed by atoms with Gasteiger partial charge in [-0.3, -0.25) is 4.79 Å². The Morgan fingerprint density at radius 1 is 1.36 bits per heavy atom. The van der Waals surface area contributed by atoms with Crippen molar-refractivity contribution in [3.05, 3.63) is 0 Å². The monoisotopic (exact) mass is 157 g/mol. The molecule has 0 aromatic rings. The lowest BCUT2D eigenvalue weighted by Crippen LogP contribution is -2.39. The number of hydrogen-bond acceptors (Lipinski definition) is 1. The van der Waals surface area contributed by atoms with Gasteiger partial charge in [-0.2, -0.15) is 0 Å². The Morgan fingerprint density at radius 2 is 1.91 bits per heavy atom. The summed E-state index contributed by atoms with van der Waals surface area (Å²) in [6.07, 6.45) is 1.13.